The van der Waals surface area contributed by atoms with Gasteiger partial charge in [-0.1, -0.05) is 54.6 Å². The Labute approximate surface area is 158 Å². The van der Waals surface area contributed by atoms with E-state index in [0.29, 0.717) is 6.61 Å². The van der Waals surface area contributed by atoms with E-state index in [-0.39, 0.29) is 12.2 Å². The zero-order valence-corrected chi connectivity index (χ0v) is 15.0. The second kappa shape index (κ2) is 8.68. The first-order valence-electron chi connectivity index (χ1n) is 8.69. The average molecular weight is 357 g/mol. The zero-order valence-electron chi connectivity index (χ0n) is 15.0. The zero-order chi connectivity index (χ0) is 19.1. The molecule has 0 saturated heterocycles. The number of carbonyl (C=O) groups is 1. The number of ether oxygens (including phenoxy) is 2. The Morgan fingerprint density at radius 2 is 1.78 bits per heavy atom. The van der Waals surface area contributed by atoms with Crippen molar-refractivity contribution in [1.82, 2.24) is 0 Å². The maximum absolute atomic E-state index is 11.7. The summed E-state index contributed by atoms with van der Waals surface area (Å²) in [6.07, 6.45) is 1.51. The van der Waals surface area contributed by atoms with E-state index in [0.717, 1.165) is 16.9 Å². The van der Waals surface area contributed by atoms with Gasteiger partial charge in [0.15, 0.2) is 0 Å². The summed E-state index contributed by atoms with van der Waals surface area (Å²) < 4.78 is 10.8. The van der Waals surface area contributed by atoms with Crippen LogP contribution in [-0.2, 0) is 16.1 Å². The van der Waals surface area contributed by atoms with Crippen LogP contribution in [0.1, 0.15) is 18.1 Å². The number of fused-ring (bicyclic) bond motifs is 1. The summed E-state index contributed by atoms with van der Waals surface area (Å²) >= 11 is 0. The predicted octanol–water partition coefficient (Wildman–Crippen LogP) is 4.89. The molecule has 0 amide bonds. The minimum absolute atomic E-state index is 0.0266. The molecule has 0 fully saturated rings. The Balaban J connectivity index is 1.71. The van der Waals surface area contributed by atoms with Crippen molar-refractivity contribution in [1.29, 1.82) is 5.26 Å². The Bertz CT molecular complexity index is 1010. The van der Waals surface area contributed by atoms with E-state index in [9.17, 15) is 4.79 Å². The molecule has 27 heavy (non-hydrogen) atoms. The van der Waals surface area contributed by atoms with Crippen LogP contribution in [0.4, 0.5) is 0 Å². The molecule has 0 radical (unpaired) electrons. The Kier molecular flexibility index (Phi) is 5.86. The summed E-state index contributed by atoms with van der Waals surface area (Å²) in [7, 11) is 0. The van der Waals surface area contributed by atoms with Crippen LogP contribution in [0.15, 0.2) is 72.3 Å². The maximum atomic E-state index is 11.7. The molecule has 0 unspecified atom stereocenters. The molecule has 4 nitrogen and oxygen atoms in total. The SMILES string of the molecule is CCOC(=O)/C(C#N)=C/c1ccc(OCc2cccc3ccccc23)cc1. The van der Waals surface area contributed by atoms with Crippen molar-refractivity contribution < 1.29 is 14.3 Å². The molecule has 0 bridgehead atoms. The van der Waals surface area contributed by atoms with Crippen LogP contribution in [0, 0.1) is 11.3 Å². The molecule has 3 aromatic rings. The van der Waals surface area contributed by atoms with Crippen LogP contribution < -0.4 is 4.74 Å². The summed E-state index contributed by atoms with van der Waals surface area (Å²) in [5.74, 6) is 0.103. The lowest BCUT2D eigenvalue weighted by molar-refractivity contribution is -0.137. The number of rotatable bonds is 6. The highest BCUT2D eigenvalue weighted by atomic mass is 16.5. The first-order valence-corrected chi connectivity index (χ1v) is 8.69. The van der Waals surface area contributed by atoms with Crippen LogP contribution in [0.25, 0.3) is 16.8 Å². The van der Waals surface area contributed by atoms with E-state index in [2.05, 4.69) is 24.3 Å². The smallest absolute Gasteiger partial charge is 0.348 e. The summed E-state index contributed by atoms with van der Waals surface area (Å²) in [4.78, 5) is 11.7. The molecule has 3 rings (SSSR count). The van der Waals surface area contributed by atoms with Crippen LogP contribution in [0.2, 0.25) is 0 Å². The van der Waals surface area contributed by atoms with Crippen molar-refractivity contribution in [2.24, 2.45) is 0 Å². The minimum atomic E-state index is -0.615. The first kappa shape index (κ1) is 18.2. The number of benzene rings is 3. The maximum Gasteiger partial charge on any atom is 0.348 e. The highest BCUT2D eigenvalue weighted by molar-refractivity contribution is 5.97. The Morgan fingerprint density at radius 1 is 1.04 bits per heavy atom. The lowest BCUT2D eigenvalue weighted by Gasteiger charge is -2.09. The van der Waals surface area contributed by atoms with Crippen molar-refractivity contribution in [3.8, 4) is 11.8 Å². The monoisotopic (exact) mass is 357 g/mol. The lowest BCUT2D eigenvalue weighted by Crippen LogP contribution is -2.05. The molecule has 0 aliphatic heterocycles. The fourth-order valence-corrected chi connectivity index (χ4v) is 2.75. The van der Waals surface area contributed by atoms with Crippen LogP contribution in [-0.4, -0.2) is 12.6 Å². The minimum Gasteiger partial charge on any atom is -0.489 e. The third-order valence-electron chi connectivity index (χ3n) is 4.08. The number of hydrogen-bond acceptors (Lipinski definition) is 4. The van der Waals surface area contributed by atoms with Gasteiger partial charge in [-0.05, 0) is 47.0 Å². The van der Waals surface area contributed by atoms with Crippen molar-refractivity contribution in [2.45, 2.75) is 13.5 Å². The summed E-state index contributed by atoms with van der Waals surface area (Å²) in [6.45, 7) is 2.40. The van der Waals surface area contributed by atoms with E-state index in [4.69, 9.17) is 14.7 Å². The largest absolute Gasteiger partial charge is 0.489 e. The van der Waals surface area contributed by atoms with Gasteiger partial charge in [0.2, 0.25) is 0 Å². The molecule has 134 valence electrons. The number of hydrogen-bond donors (Lipinski definition) is 0. The molecule has 3 aromatic carbocycles. The van der Waals surface area contributed by atoms with Gasteiger partial charge in [0, 0.05) is 0 Å². The van der Waals surface area contributed by atoms with Crippen LogP contribution in [0.5, 0.6) is 5.75 Å². The molecule has 0 spiro atoms. The second-order valence-corrected chi connectivity index (χ2v) is 5.89. The number of esters is 1. The van der Waals surface area contributed by atoms with Crippen LogP contribution >= 0.6 is 0 Å². The van der Waals surface area contributed by atoms with Gasteiger partial charge in [-0.3, -0.25) is 0 Å². The van der Waals surface area contributed by atoms with Gasteiger partial charge in [-0.25, -0.2) is 4.79 Å². The van der Waals surface area contributed by atoms with E-state index in [1.54, 1.807) is 19.1 Å². The number of nitrogens with zero attached hydrogens (tertiary/aromatic N) is 1. The third-order valence-corrected chi connectivity index (χ3v) is 4.08. The molecular weight excluding hydrogens is 338 g/mol. The molecule has 0 saturated carbocycles. The predicted molar refractivity (Wildman–Crippen MR) is 105 cm³/mol. The number of carbonyl (C=O) groups excluding carboxylic acids is 1. The van der Waals surface area contributed by atoms with Gasteiger partial charge in [0.1, 0.15) is 24.0 Å². The van der Waals surface area contributed by atoms with Crippen molar-refractivity contribution >= 4 is 22.8 Å². The van der Waals surface area contributed by atoms with Crippen LogP contribution in [0.3, 0.4) is 0 Å². The number of nitriles is 1. The average Bonchev–Trinajstić information content (AvgIpc) is 2.71. The van der Waals surface area contributed by atoms with E-state index >= 15 is 0 Å². The quantitative estimate of drug-likeness (QED) is 0.358. The fourth-order valence-electron chi connectivity index (χ4n) is 2.75. The van der Waals surface area contributed by atoms with Gasteiger partial charge in [0.05, 0.1) is 6.61 Å². The highest BCUT2D eigenvalue weighted by Gasteiger charge is 2.09. The standard InChI is InChI=1S/C23H19NO3/c1-2-26-23(25)20(15-24)14-17-10-12-21(13-11-17)27-16-19-8-5-7-18-6-3-4-9-22(18)19/h3-14H,2,16H2,1H3/b20-14+. The fraction of sp³-hybridized carbons (Fsp3) is 0.130. The van der Waals surface area contributed by atoms with E-state index in [1.165, 1.54) is 16.8 Å². The van der Waals surface area contributed by atoms with Gasteiger partial charge < -0.3 is 9.47 Å². The third kappa shape index (κ3) is 4.53. The molecule has 0 heterocycles. The van der Waals surface area contributed by atoms with E-state index in [1.807, 2.05) is 36.4 Å². The molecule has 0 N–H and O–H groups in total. The lowest BCUT2D eigenvalue weighted by atomic mass is 10.1. The van der Waals surface area contributed by atoms with Gasteiger partial charge in [-0.15, -0.1) is 0 Å². The first-order chi connectivity index (χ1) is 13.2. The Hall–Kier alpha value is -3.58. The normalized spacial score (nSPS) is 11.0. The summed E-state index contributed by atoms with van der Waals surface area (Å²) in [5.41, 5.74) is 1.82. The molecule has 0 atom stereocenters. The molecule has 0 aromatic heterocycles. The molecule has 4 heteroatoms. The van der Waals surface area contributed by atoms with Gasteiger partial charge >= 0.3 is 5.97 Å². The second-order valence-electron chi connectivity index (χ2n) is 5.89. The summed E-state index contributed by atoms with van der Waals surface area (Å²) in [6, 6.07) is 23.5. The van der Waals surface area contributed by atoms with Crippen molar-refractivity contribution in [3.63, 3.8) is 0 Å². The highest BCUT2D eigenvalue weighted by Crippen LogP contribution is 2.21. The topological polar surface area (TPSA) is 59.3 Å². The van der Waals surface area contributed by atoms with Gasteiger partial charge in [-0.2, -0.15) is 5.26 Å². The summed E-state index contributed by atoms with van der Waals surface area (Å²) in [5, 5.41) is 11.4. The van der Waals surface area contributed by atoms with Crippen molar-refractivity contribution in [2.75, 3.05) is 6.61 Å². The van der Waals surface area contributed by atoms with Crippen molar-refractivity contribution in [3.05, 3.63) is 83.4 Å². The molecular formula is C23H19NO3. The van der Waals surface area contributed by atoms with Gasteiger partial charge in [0.25, 0.3) is 0 Å². The molecule has 0 aliphatic rings. The van der Waals surface area contributed by atoms with E-state index < -0.39 is 5.97 Å². The Morgan fingerprint density at radius 3 is 2.52 bits per heavy atom. The molecule has 0 aliphatic carbocycles.